The second kappa shape index (κ2) is 6.61. The Morgan fingerprint density at radius 3 is 2.29 bits per heavy atom. The molecular formula is C17H15NO3. The van der Waals surface area contributed by atoms with Crippen molar-refractivity contribution in [3.63, 3.8) is 0 Å². The third kappa shape index (κ3) is 4.11. The monoisotopic (exact) mass is 281 g/mol. The maximum absolute atomic E-state index is 11.9. The summed E-state index contributed by atoms with van der Waals surface area (Å²) in [4.78, 5) is 22.1. The molecule has 4 heteroatoms. The van der Waals surface area contributed by atoms with Gasteiger partial charge in [-0.05, 0) is 24.6 Å². The molecular weight excluding hydrogens is 266 g/mol. The number of nitrogens with zero attached hydrogens (tertiary/aromatic N) is 1. The largest absolute Gasteiger partial charge is 0.294 e. The molecule has 0 saturated carbocycles. The Labute approximate surface area is 122 Å². The van der Waals surface area contributed by atoms with Crippen LogP contribution >= 0.6 is 0 Å². The lowest BCUT2D eigenvalue weighted by Crippen LogP contribution is -1.96. The van der Waals surface area contributed by atoms with Crippen molar-refractivity contribution in [2.24, 2.45) is 0 Å². The normalized spacial score (nSPS) is 10.7. The van der Waals surface area contributed by atoms with Gasteiger partial charge in [0.1, 0.15) is 0 Å². The van der Waals surface area contributed by atoms with Crippen molar-refractivity contribution in [2.75, 3.05) is 0 Å². The molecule has 2 rings (SSSR count). The van der Waals surface area contributed by atoms with Crippen LogP contribution in [0.2, 0.25) is 0 Å². The van der Waals surface area contributed by atoms with E-state index >= 15 is 0 Å². The van der Waals surface area contributed by atoms with Gasteiger partial charge in [0.25, 0.3) is 5.69 Å². The lowest BCUT2D eigenvalue weighted by atomic mass is 10.1. The molecule has 0 aliphatic rings. The van der Waals surface area contributed by atoms with Crippen LogP contribution in [0.3, 0.4) is 0 Å². The maximum atomic E-state index is 11.9. The first-order valence-electron chi connectivity index (χ1n) is 6.57. The van der Waals surface area contributed by atoms with Crippen LogP contribution in [0.15, 0.2) is 54.6 Å². The fraction of sp³-hybridized carbons (Fsp3) is 0.118. The molecule has 106 valence electrons. The van der Waals surface area contributed by atoms with Gasteiger partial charge in [-0.2, -0.15) is 0 Å². The topological polar surface area (TPSA) is 60.2 Å². The third-order valence-electron chi connectivity index (χ3n) is 3.09. The minimum Gasteiger partial charge on any atom is -0.294 e. The van der Waals surface area contributed by atoms with Gasteiger partial charge in [0.2, 0.25) is 0 Å². The van der Waals surface area contributed by atoms with Crippen molar-refractivity contribution in [1.29, 1.82) is 0 Å². The average molecular weight is 281 g/mol. The SMILES string of the molecule is Cc1ccc(C(=O)CC=Cc2ccc([N+](=O)[O-])cc2)cc1. The van der Waals surface area contributed by atoms with Crippen molar-refractivity contribution < 1.29 is 9.72 Å². The van der Waals surface area contributed by atoms with Crippen LogP contribution in [-0.4, -0.2) is 10.7 Å². The van der Waals surface area contributed by atoms with Crippen molar-refractivity contribution >= 4 is 17.5 Å². The first-order valence-corrected chi connectivity index (χ1v) is 6.57. The number of carbonyl (C=O) groups excluding carboxylic acids is 1. The van der Waals surface area contributed by atoms with Crippen LogP contribution in [0.5, 0.6) is 0 Å². The summed E-state index contributed by atoms with van der Waals surface area (Å²) in [6, 6.07) is 13.7. The first-order chi connectivity index (χ1) is 10.1. The van der Waals surface area contributed by atoms with Gasteiger partial charge < -0.3 is 0 Å². The van der Waals surface area contributed by atoms with E-state index in [9.17, 15) is 14.9 Å². The maximum Gasteiger partial charge on any atom is 0.269 e. The fourth-order valence-corrected chi connectivity index (χ4v) is 1.87. The quantitative estimate of drug-likeness (QED) is 0.469. The number of nitro benzene ring substituents is 1. The Balaban J connectivity index is 1.97. The third-order valence-corrected chi connectivity index (χ3v) is 3.09. The zero-order valence-electron chi connectivity index (χ0n) is 11.7. The minimum absolute atomic E-state index is 0.0492. The number of ketones is 1. The van der Waals surface area contributed by atoms with Crippen LogP contribution in [0, 0.1) is 17.0 Å². The van der Waals surface area contributed by atoms with E-state index in [4.69, 9.17) is 0 Å². The van der Waals surface area contributed by atoms with Crippen molar-refractivity contribution in [1.82, 2.24) is 0 Å². The van der Waals surface area contributed by atoms with E-state index in [0.717, 1.165) is 11.1 Å². The van der Waals surface area contributed by atoms with Crippen molar-refractivity contribution in [3.8, 4) is 0 Å². The fourth-order valence-electron chi connectivity index (χ4n) is 1.87. The van der Waals surface area contributed by atoms with Crippen LogP contribution in [0.1, 0.15) is 27.9 Å². The number of Topliss-reactive ketones (excluding diaryl/α,β-unsaturated/α-hetero) is 1. The zero-order chi connectivity index (χ0) is 15.2. The van der Waals surface area contributed by atoms with E-state index < -0.39 is 4.92 Å². The molecule has 0 radical (unpaired) electrons. The first kappa shape index (κ1) is 14.7. The number of hydrogen-bond acceptors (Lipinski definition) is 3. The lowest BCUT2D eigenvalue weighted by molar-refractivity contribution is -0.384. The second-order valence-corrected chi connectivity index (χ2v) is 4.74. The molecule has 0 saturated heterocycles. The minimum atomic E-state index is -0.436. The molecule has 0 N–H and O–H groups in total. The number of carbonyl (C=O) groups is 1. The van der Waals surface area contributed by atoms with Crippen molar-refractivity contribution in [2.45, 2.75) is 13.3 Å². The molecule has 0 amide bonds. The average Bonchev–Trinajstić information content (AvgIpc) is 2.48. The van der Waals surface area contributed by atoms with E-state index in [2.05, 4.69) is 0 Å². The summed E-state index contributed by atoms with van der Waals surface area (Å²) >= 11 is 0. The molecule has 0 unspecified atom stereocenters. The molecule has 0 spiro atoms. The van der Waals surface area contributed by atoms with Crippen LogP contribution in [0.4, 0.5) is 5.69 Å². The number of rotatable bonds is 5. The predicted octanol–water partition coefficient (Wildman–Crippen LogP) is 4.19. The van der Waals surface area contributed by atoms with Crippen LogP contribution in [-0.2, 0) is 0 Å². The Morgan fingerprint density at radius 1 is 1.10 bits per heavy atom. The lowest BCUT2D eigenvalue weighted by Gasteiger charge is -1.98. The standard InChI is InChI=1S/C17H15NO3/c1-13-5-9-15(10-6-13)17(19)4-2-3-14-7-11-16(12-8-14)18(20)21/h2-3,5-12H,4H2,1H3. The van der Waals surface area contributed by atoms with Gasteiger partial charge in [0.15, 0.2) is 5.78 Å². The predicted molar refractivity (Wildman–Crippen MR) is 82.3 cm³/mol. The number of aryl methyl sites for hydroxylation is 1. The smallest absolute Gasteiger partial charge is 0.269 e. The van der Waals surface area contributed by atoms with Gasteiger partial charge in [-0.25, -0.2) is 0 Å². The highest BCUT2D eigenvalue weighted by atomic mass is 16.6. The van der Waals surface area contributed by atoms with E-state index in [-0.39, 0.29) is 11.5 Å². The summed E-state index contributed by atoms with van der Waals surface area (Å²) in [5.41, 5.74) is 2.70. The zero-order valence-corrected chi connectivity index (χ0v) is 11.7. The number of allylic oxidation sites excluding steroid dienone is 1. The summed E-state index contributed by atoms with van der Waals surface area (Å²) < 4.78 is 0. The van der Waals surface area contributed by atoms with Gasteiger partial charge >= 0.3 is 0 Å². The Morgan fingerprint density at radius 2 is 1.71 bits per heavy atom. The molecule has 0 bridgehead atoms. The van der Waals surface area contributed by atoms with E-state index in [1.54, 1.807) is 24.3 Å². The summed E-state index contributed by atoms with van der Waals surface area (Å²) in [7, 11) is 0. The summed E-state index contributed by atoms with van der Waals surface area (Å²) in [6.45, 7) is 1.97. The van der Waals surface area contributed by atoms with Crippen molar-refractivity contribution in [3.05, 3.63) is 81.4 Å². The van der Waals surface area contributed by atoms with Gasteiger partial charge in [-0.15, -0.1) is 0 Å². The number of non-ortho nitro benzene ring substituents is 1. The molecule has 4 nitrogen and oxygen atoms in total. The summed E-state index contributed by atoms with van der Waals surface area (Å²) in [5, 5.41) is 10.5. The molecule has 0 atom stereocenters. The van der Waals surface area contributed by atoms with Gasteiger partial charge in [-0.3, -0.25) is 14.9 Å². The number of nitro groups is 1. The number of benzene rings is 2. The van der Waals surface area contributed by atoms with E-state index in [1.807, 2.05) is 31.2 Å². The molecule has 0 aliphatic carbocycles. The molecule has 21 heavy (non-hydrogen) atoms. The number of hydrogen-bond donors (Lipinski definition) is 0. The van der Waals surface area contributed by atoms with E-state index in [1.165, 1.54) is 12.1 Å². The Bertz CT molecular complexity index is 670. The highest BCUT2D eigenvalue weighted by Crippen LogP contribution is 2.13. The Kier molecular flexibility index (Phi) is 4.61. The van der Waals surface area contributed by atoms with Crippen LogP contribution < -0.4 is 0 Å². The summed E-state index contributed by atoms with van der Waals surface area (Å²) in [5.74, 6) is 0.0492. The van der Waals surface area contributed by atoms with Gasteiger partial charge in [0.05, 0.1) is 4.92 Å². The second-order valence-electron chi connectivity index (χ2n) is 4.74. The molecule has 0 aromatic heterocycles. The highest BCUT2D eigenvalue weighted by molar-refractivity contribution is 5.97. The van der Waals surface area contributed by atoms with Gasteiger partial charge in [0, 0.05) is 24.1 Å². The highest BCUT2D eigenvalue weighted by Gasteiger charge is 2.04. The molecule has 0 heterocycles. The summed E-state index contributed by atoms with van der Waals surface area (Å²) in [6.07, 6.45) is 3.86. The van der Waals surface area contributed by atoms with E-state index in [0.29, 0.717) is 12.0 Å². The molecule has 2 aromatic carbocycles. The Hall–Kier alpha value is -2.75. The molecule has 0 fully saturated rings. The van der Waals surface area contributed by atoms with Crippen LogP contribution in [0.25, 0.3) is 6.08 Å². The molecule has 2 aromatic rings. The molecule has 0 aliphatic heterocycles. The van der Waals surface area contributed by atoms with Gasteiger partial charge in [-0.1, -0.05) is 42.0 Å².